The van der Waals surface area contributed by atoms with Crippen molar-refractivity contribution in [3.05, 3.63) is 65.4 Å². The first-order valence-electron chi connectivity index (χ1n) is 11.2. The van der Waals surface area contributed by atoms with E-state index in [2.05, 4.69) is 0 Å². The smallest absolute Gasteiger partial charge is 0.416 e. The molecule has 0 spiro atoms. The molecule has 0 saturated carbocycles. The maximum atomic E-state index is 13.0. The molecule has 0 radical (unpaired) electrons. The van der Waals surface area contributed by atoms with Crippen LogP contribution in [0.2, 0.25) is 0 Å². The first-order valence-corrected chi connectivity index (χ1v) is 11.2. The van der Waals surface area contributed by atoms with E-state index >= 15 is 0 Å². The number of ether oxygens (including phenoxy) is 1. The van der Waals surface area contributed by atoms with Crippen LogP contribution >= 0.6 is 0 Å². The SMILES string of the molecule is CCOc1cc2occ(C)c2cc1/C(C)=C/C(=O)N1CCN(c2cccc(C(F)(F)F)c2)CC1. The number of amides is 1. The van der Waals surface area contributed by atoms with E-state index in [4.69, 9.17) is 9.15 Å². The molecule has 0 unspecified atom stereocenters. The van der Waals surface area contributed by atoms with Gasteiger partial charge in [0.05, 0.1) is 18.4 Å². The van der Waals surface area contributed by atoms with Crippen molar-refractivity contribution < 1.29 is 27.1 Å². The number of carbonyl (C=O) groups excluding carboxylic acids is 1. The first-order chi connectivity index (χ1) is 16.2. The number of aryl methyl sites for hydroxylation is 1. The molecule has 1 fully saturated rings. The number of benzene rings is 2. The molecule has 4 rings (SSSR count). The summed E-state index contributed by atoms with van der Waals surface area (Å²) in [5.41, 5.74) is 3.18. The van der Waals surface area contributed by atoms with Crippen molar-refractivity contribution in [1.82, 2.24) is 4.90 Å². The second-order valence-corrected chi connectivity index (χ2v) is 8.38. The van der Waals surface area contributed by atoms with Gasteiger partial charge >= 0.3 is 6.18 Å². The van der Waals surface area contributed by atoms with E-state index in [1.165, 1.54) is 6.07 Å². The number of halogens is 3. The van der Waals surface area contributed by atoms with E-state index in [-0.39, 0.29) is 5.91 Å². The third kappa shape index (κ3) is 4.90. The predicted octanol–water partition coefficient (Wildman–Crippen LogP) is 5.91. The van der Waals surface area contributed by atoms with Gasteiger partial charge in [0.25, 0.3) is 0 Å². The minimum absolute atomic E-state index is 0.132. The van der Waals surface area contributed by atoms with Crippen LogP contribution in [-0.2, 0) is 11.0 Å². The standard InChI is InChI=1S/C26H27F3N2O3/c1-4-33-23-15-24-22(18(3)16-34-24)14-21(23)17(2)12-25(32)31-10-8-30(9-11-31)20-7-5-6-19(13-20)26(27,28)29/h5-7,12-16H,4,8-11H2,1-3H3/b17-12+. The lowest BCUT2D eigenvalue weighted by molar-refractivity contribution is -0.137. The van der Waals surface area contributed by atoms with Crippen LogP contribution in [0.1, 0.15) is 30.5 Å². The van der Waals surface area contributed by atoms with Gasteiger partial charge in [-0.05, 0) is 56.2 Å². The van der Waals surface area contributed by atoms with Crippen LogP contribution in [0.4, 0.5) is 18.9 Å². The molecule has 0 bridgehead atoms. The largest absolute Gasteiger partial charge is 0.493 e. The zero-order valence-electron chi connectivity index (χ0n) is 19.4. The summed E-state index contributed by atoms with van der Waals surface area (Å²) in [5.74, 6) is 0.521. The molecule has 1 amide bonds. The highest BCUT2D eigenvalue weighted by Crippen LogP contribution is 2.34. The minimum Gasteiger partial charge on any atom is -0.493 e. The second-order valence-electron chi connectivity index (χ2n) is 8.38. The van der Waals surface area contributed by atoms with Crippen LogP contribution in [-0.4, -0.2) is 43.6 Å². The van der Waals surface area contributed by atoms with E-state index < -0.39 is 11.7 Å². The normalized spacial score (nSPS) is 15.2. The molecular weight excluding hydrogens is 445 g/mol. The topological polar surface area (TPSA) is 45.9 Å². The van der Waals surface area contributed by atoms with Crippen LogP contribution < -0.4 is 9.64 Å². The molecule has 1 aliphatic heterocycles. The van der Waals surface area contributed by atoms with E-state index in [9.17, 15) is 18.0 Å². The lowest BCUT2D eigenvalue weighted by atomic mass is 10.0. The number of fused-ring (bicyclic) bond motifs is 1. The third-order valence-corrected chi connectivity index (χ3v) is 6.06. The summed E-state index contributed by atoms with van der Waals surface area (Å²) >= 11 is 0. The van der Waals surface area contributed by atoms with Crippen LogP contribution in [0.3, 0.4) is 0 Å². The summed E-state index contributed by atoms with van der Waals surface area (Å²) in [6.45, 7) is 8.00. The molecule has 5 nitrogen and oxygen atoms in total. The average Bonchev–Trinajstić information content (AvgIpc) is 3.18. The lowest BCUT2D eigenvalue weighted by Gasteiger charge is -2.36. The van der Waals surface area contributed by atoms with Crippen molar-refractivity contribution in [2.24, 2.45) is 0 Å². The van der Waals surface area contributed by atoms with Crippen molar-refractivity contribution in [1.29, 1.82) is 0 Å². The monoisotopic (exact) mass is 472 g/mol. The van der Waals surface area contributed by atoms with Crippen molar-refractivity contribution >= 4 is 28.1 Å². The highest BCUT2D eigenvalue weighted by molar-refractivity contribution is 5.97. The predicted molar refractivity (Wildman–Crippen MR) is 126 cm³/mol. The molecule has 2 aromatic carbocycles. The van der Waals surface area contributed by atoms with E-state index in [1.54, 1.807) is 23.3 Å². The Morgan fingerprint density at radius 3 is 2.56 bits per heavy atom. The fourth-order valence-electron chi connectivity index (χ4n) is 4.18. The molecule has 180 valence electrons. The lowest BCUT2D eigenvalue weighted by Crippen LogP contribution is -2.48. The Morgan fingerprint density at radius 1 is 1.15 bits per heavy atom. The number of hydrogen-bond donors (Lipinski definition) is 0. The minimum atomic E-state index is -4.38. The molecule has 34 heavy (non-hydrogen) atoms. The molecule has 3 aromatic rings. The molecule has 1 saturated heterocycles. The summed E-state index contributed by atoms with van der Waals surface area (Å²) in [4.78, 5) is 16.6. The molecule has 0 aliphatic carbocycles. The molecule has 1 aliphatic rings. The fourth-order valence-corrected chi connectivity index (χ4v) is 4.18. The van der Waals surface area contributed by atoms with Gasteiger partial charge in [0.2, 0.25) is 5.91 Å². The maximum absolute atomic E-state index is 13.0. The number of hydrogen-bond acceptors (Lipinski definition) is 4. The molecular formula is C26H27F3N2O3. The summed E-state index contributed by atoms with van der Waals surface area (Å²) in [7, 11) is 0. The van der Waals surface area contributed by atoms with E-state index in [0.717, 1.165) is 39.8 Å². The Labute approximate surface area is 196 Å². The number of piperazine rings is 1. The quantitative estimate of drug-likeness (QED) is 0.433. The Hall–Kier alpha value is -3.42. The summed E-state index contributed by atoms with van der Waals surface area (Å²) in [6.07, 6.45) is -1.09. The number of allylic oxidation sites excluding steroid dienone is 1. The van der Waals surface area contributed by atoms with E-state index in [0.29, 0.717) is 44.2 Å². The number of nitrogens with zero attached hydrogens (tertiary/aromatic N) is 2. The number of alkyl halides is 3. The maximum Gasteiger partial charge on any atom is 0.416 e. The van der Waals surface area contributed by atoms with Crippen molar-refractivity contribution in [3.8, 4) is 5.75 Å². The van der Waals surface area contributed by atoms with Gasteiger partial charge < -0.3 is 19.0 Å². The fraction of sp³-hybridized carbons (Fsp3) is 0.346. The Bertz CT molecular complexity index is 1220. The zero-order valence-corrected chi connectivity index (χ0v) is 19.4. The van der Waals surface area contributed by atoms with Crippen LogP contribution in [0.5, 0.6) is 5.75 Å². The number of furan rings is 1. The van der Waals surface area contributed by atoms with Gasteiger partial charge in [-0.3, -0.25) is 4.79 Å². The van der Waals surface area contributed by atoms with Gasteiger partial charge in [-0.2, -0.15) is 13.2 Å². The van der Waals surface area contributed by atoms with Gasteiger partial charge in [0, 0.05) is 55.0 Å². The van der Waals surface area contributed by atoms with Crippen molar-refractivity contribution in [2.45, 2.75) is 26.9 Å². The average molecular weight is 473 g/mol. The summed E-state index contributed by atoms with van der Waals surface area (Å²) < 4.78 is 50.5. The van der Waals surface area contributed by atoms with E-state index in [1.807, 2.05) is 37.8 Å². The molecule has 0 atom stereocenters. The number of rotatable bonds is 5. The number of anilines is 1. The van der Waals surface area contributed by atoms with Crippen LogP contribution in [0.15, 0.2) is 53.2 Å². The second kappa shape index (κ2) is 9.44. The van der Waals surface area contributed by atoms with Gasteiger partial charge in [-0.15, -0.1) is 0 Å². The van der Waals surface area contributed by atoms with Crippen LogP contribution in [0, 0.1) is 6.92 Å². The highest BCUT2D eigenvalue weighted by Gasteiger charge is 2.31. The van der Waals surface area contributed by atoms with Crippen LogP contribution in [0.25, 0.3) is 16.5 Å². The van der Waals surface area contributed by atoms with Gasteiger partial charge in [-0.1, -0.05) is 6.07 Å². The zero-order chi connectivity index (χ0) is 24.5. The third-order valence-electron chi connectivity index (χ3n) is 6.06. The summed E-state index contributed by atoms with van der Waals surface area (Å²) in [6, 6.07) is 9.12. The molecule has 2 heterocycles. The molecule has 8 heteroatoms. The Balaban J connectivity index is 1.48. The van der Waals surface area contributed by atoms with Crippen molar-refractivity contribution in [2.75, 3.05) is 37.7 Å². The van der Waals surface area contributed by atoms with Gasteiger partial charge in [-0.25, -0.2) is 0 Å². The van der Waals surface area contributed by atoms with Gasteiger partial charge in [0.15, 0.2) is 0 Å². The van der Waals surface area contributed by atoms with Crippen molar-refractivity contribution in [3.63, 3.8) is 0 Å². The molecule has 0 N–H and O–H groups in total. The molecule has 1 aromatic heterocycles. The number of carbonyl (C=O) groups is 1. The Morgan fingerprint density at radius 2 is 1.88 bits per heavy atom. The summed E-state index contributed by atoms with van der Waals surface area (Å²) in [5, 5.41) is 0.966. The highest BCUT2D eigenvalue weighted by atomic mass is 19.4. The Kier molecular flexibility index (Phi) is 6.59. The van der Waals surface area contributed by atoms with Gasteiger partial charge in [0.1, 0.15) is 11.3 Å². The first kappa shape index (κ1) is 23.7.